The van der Waals surface area contributed by atoms with Crippen LogP contribution in [0, 0.1) is 5.92 Å². The zero-order valence-electron chi connectivity index (χ0n) is 12.8. The first kappa shape index (κ1) is 15.5. The minimum absolute atomic E-state index is 0.0949. The molecule has 0 aromatic carbocycles. The highest BCUT2D eigenvalue weighted by Crippen LogP contribution is 2.24. The summed E-state index contributed by atoms with van der Waals surface area (Å²) >= 11 is 1.77. The summed E-state index contributed by atoms with van der Waals surface area (Å²) in [6.07, 6.45) is 2.57. The highest BCUT2D eigenvalue weighted by molar-refractivity contribution is 7.10. The number of fused-ring (bicyclic) bond motifs is 1. The Bertz CT molecular complexity index is 557. The molecule has 1 saturated heterocycles. The monoisotopic (exact) mass is 321 g/mol. The lowest BCUT2D eigenvalue weighted by Gasteiger charge is -2.27. The molecule has 0 radical (unpaired) electrons. The zero-order valence-corrected chi connectivity index (χ0v) is 13.6. The average Bonchev–Trinajstić information content (AvgIpc) is 3.19. The van der Waals surface area contributed by atoms with Gasteiger partial charge in [0.15, 0.2) is 0 Å². The fourth-order valence-electron chi connectivity index (χ4n) is 3.24. The summed E-state index contributed by atoms with van der Waals surface area (Å²) in [5.74, 6) is 0.621. The largest absolute Gasteiger partial charge is 0.342 e. The van der Waals surface area contributed by atoms with Gasteiger partial charge in [0, 0.05) is 43.9 Å². The minimum atomic E-state index is 0.0949. The summed E-state index contributed by atoms with van der Waals surface area (Å²) in [5, 5.41) is 2.09. The van der Waals surface area contributed by atoms with E-state index in [0.29, 0.717) is 31.8 Å². The maximum absolute atomic E-state index is 12.3. The standard InChI is InChI=1S/C16H23N3O2S/c17-9-12-3-6-18(10-12)15(20)1-2-16(21)19-7-4-14-13(11-19)5-8-22-14/h5,8,12H,1-4,6-7,9-11,17H2. The Labute approximate surface area is 135 Å². The number of carbonyl (C=O) groups is 2. The van der Waals surface area contributed by atoms with Crippen LogP contribution < -0.4 is 5.73 Å². The molecule has 1 unspecified atom stereocenters. The van der Waals surface area contributed by atoms with E-state index in [4.69, 9.17) is 5.73 Å². The van der Waals surface area contributed by atoms with Crippen molar-refractivity contribution >= 4 is 23.2 Å². The normalized spacial score (nSPS) is 21.0. The van der Waals surface area contributed by atoms with Gasteiger partial charge in [0.05, 0.1) is 0 Å². The highest BCUT2D eigenvalue weighted by atomic mass is 32.1. The van der Waals surface area contributed by atoms with Gasteiger partial charge in [-0.25, -0.2) is 0 Å². The molecule has 1 atom stereocenters. The van der Waals surface area contributed by atoms with Gasteiger partial charge in [-0.1, -0.05) is 0 Å². The molecule has 0 spiro atoms. The number of hydrogen-bond donors (Lipinski definition) is 1. The van der Waals surface area contributed by atoms with Gasteiger partial charge in [0.2, 0.25) is 11.8 Å². The van der Waals surface area contributed by atoms with Gasteiger partial charge in [0.1, 0.15) is 0 Å². The van der Waals surface area contributed by atoms with E-state index in [0.717, 1.165) is 32.5 Å². The molecule has 3 heterocycles. The molecule has 0 bridgehead atoms. The van der Waals surface area contributed by atoms with E-state index in [2.05, 4.69) is 11.4 Å². The van der Waals surface area contributed by atoms with Crippen molar-refractivity contribution < 1.29 is 9.59 Å². The number of rotatable bonds is 4. The second-order valence-electron chi connectivity index (χ2n) is 6.16. The van der Waals surface area contributed by atoms with Gasteiger partial charge in [-0.15, -0.1) is 11.3 Å². The third-order valence-electron chi connectivity index (χ3n) is 4.68. The topological polar surface area (TPSA) is 66.6 Å². The van der Waals surface area contributed by atoms with Crippen molar-refractivity contribution in [3.8, 4) is 0 Å². The molecule has 6 heteroatoms. The zero-order chi connectivity index (χ0) is 15.5. The van der Waals surface area contributed by atoms with E-state index in [1.54, 1.807) is 11.3 Å². The molecular formula is C16H23N3O2S. The second-order valence-corrected chi connectivity index (χ2v) is 7.17. The van der Waals surface area contributed by atoms with Crippen LogP contribution in [0.2, 0.25) is 0 Å². The van der Waals surface area contributed by atoms with Crippen LogP contribution in [0.5, 0.6) is 0 Å². The maximum atomic E-state index is 12.3. The van der Waals surface area contributed by atoms with Crippen molar-refractivity contribution in [1.82, 2.24) is 9.80 Å². The molecule has 0 aliphatic carbocycles. The smallest absolute Gasteiger partial charge is 0.223 e. The highest BCUT2D eigenvalue weighted by Gasteiger charge is 2.26. The maximum Gasteiger partial charge on any atom is 0.223 e. The van der Waals surface area contributed by atoms with Crippen molar-refractivity contribution in [3.05, 3.63) is 21.9 Å². The van der Waals surface area contributed by atoms with Crippen LogP contribution >= 0.6 is 11.3 Å². The van der Waals surface area contributed by atoms with Gasteiger partial charge in [-0.2, -0.15) is 0 Å². The molecule has 1 fully saturated rings. The Morgan fingerprint density at radius 2 is 2.00 bits per heavy atom. The van der Waals surface area contributed by atoms with Crippen LogP contribution in [-0.4, -0.2) is 47.8 Å². The van der Waals surface area contributed by atoms with Gasteiger partial charge >= 0.3 is 0 Å². The van der Waals surface area contributed by atoms with Crippen LogP contribution in [0.3, 0.4) is 0 Å². The number of nitrogens with two attached hydrogens (primary N) is 1. The molecule has 2 N–H and O–H groups in total. The predicted octanol–water partition coefficient (Wildman–Crippen LogP) is 1.22. The van der Waals surface area contributed by atoms with Crippen LogP contribution in [0.1, 0.15) is 29.7 Å². The van der Waals surface area contributed by atoms with Gasteiger partial charge in [0.25, 0.3) is 0 Å². The molecule has 22 heavy (non-hydrogen) atoms. The SMILES string of the molecule is NCC1CCN(C(=O)CCC(=O)N2CCc3sccc3C2)C1. The first-order valence-corrected chi connectivity index (χ1v) is 8.86. The Kier molecular flexibility index (Phi) is 4.78. The number of hydrogen-bond acceptors (Lipinski definition) is 4. The van der Waals surface area contributed by atoms with E-state index < -0.39 is 0 Å². The van der Waals surface area contributed by atoms with Gasteiger partial charge < -0.3 is 15.5 Å². The quantitative estimate of drug-likeness (QED) is 0.907. The molecule has 120 valence electrons. The van der Waals surface area contributed by atoms with E-state index in [1.165, 1.54) is 10.4 Å². The van der Waals surface area contributed by atoms with Crippen LogP contribution in [0.4, 0.5) is 0 Å². The van der Waals surface area contributed by atoms with Crippen LogP contribution in [0.25, 0.3) is 0 Å². The first-order chi connectivity index (χ1) is 10.7. The van der Waals surface area contributed by atoms with Crippen molar-refractivity contribution in [2.75, 3.05) is 26.2 Å². The molecule has 0 saturated carbocycles. The van der Waals surface area contributed by atoms with E-state index in [-0.39, 0.29) is 11.8 Å². The summed E-state index contributed by atoms with van der Waals surface area (Å²) in [5.41, 5.74) is 6.91. The minimum Gasteiger partial charge on any atom is -0.342 e. The van der Waals surface area contributed by atoms with Crippen LogP contribution in [-0.2, 0) is 22.6 Å². The first-order valence-electron chi connectivity index (χ1n) is 7.98. The number of thiophene rings is 1. The van der Waals surface area contributed by atoms with Crippen molar-refractivity contribution in [2.24, 2.45) is 11.7 Å². The summed E-state index contributed by atoms with van der Waals surface area (Å²) in [4.78, 5) is 29.6. The third-order valence-corrected chi connectivity index (χ3v) is 5.71. The third kappa shape index (κ3) is 3.33. The molecular weight excluding hydrogens is 298 g/mol. The Balaban J connectivity index is 1.46. The van der Waals surface area contributed by atoms with E-state index in [9.17, 15) is 9.59 Å². The lowest BCUT2D eigenvalue weighted by Crippen LogP contribution is -2.36. The van der Waals surface area contributed by atoms with Crippen molar-refractivity contribution in [3.63, 3.8) is 0 Å². The van der Waals surface area contributed by atoms with Gasteiger partial charge in [-0.3, -0.25) is 9.59 Å². The number of amides is 2. The lowest BCUT2D eigenvalue weighted by molar-refractivity contribution is -0.137. The predicted molar refractivity (Wildman–Crippen MR) is 86.4 cm³/mol. The van der Waals surface area contributed by atoms with Crippen LogP contribution in [0.15, 0.2) is 11.4 Å². The molecule has 2 aliphatic heterocycles. The van der Waals surface area contributed by atoms with Crippen molar-refractivity contribution in [1.29, 1.82) is 0 Å². The van der Waals surface area contributed by atoms with E-state index in [1.807, 2.05) is 9.80 Å². The lowest BCUT2D eigenvalue weighted by atomic mass is 10.1. The van der Waals surface area contributed by atoms with Gasteiger partial charge in [-0.05, 0) is 42.3 Å². The average molecular weight is 321 g/mol. The molecule has 3 rings (SSSR count). The summed E-state index contributed by atoms with van der Waals surface area (Å²) in [6.45, 7) is 3.66. The Morgan fingerprint density at radius 3 is 2.73 bits per heavy atom. The molecule has 1 aromatic heterocycles. The summed E-state index contributed by atoms with van der Waals surface area (Å²) < 4.78 is 0. The second kappa shape index (κ2) is 6.79. The number of carbonyl (C=O) groups excluding carboxylic acids is 2. The summed E-state index contributed by atoms with van der Waals surface area (Å²) in [6, 6.07) is 2.10. The molecule has 5 nitrogen and oxygen atoms in total. The summed E-state index contributed by atoms with van der Waals surface area (Å²) in [7, 11) is 0. The fourth-order valence-corrected chi connectivity index (χ4v) is 4.13. The fraction of sp³-hybridized carbons (Fsp3) is 0.625. The molecule has 2 aliphatic rings. The Morgan fingerprint density at radius 1 is 1.23 bits per heavy atom. The molecule has 1 aromatic rings. The molecule has 2 amide bonds. The number of nitrogens with zero attached hydrogens (tertiary/aromatic N) is 2. The Hall–Kier alpha value is -1.40. The van der Waals surface area contributed by atoms with E-state index >= 15 is 0 Å². The van der Waals surface area contributed by atoms with Crippen molar-refractivity contribution in [2.45, 2.75) is 32.2 Å². The number of likely N-dealkylation sites (tertiary alicyclic amines) is 1.